The molecule has 2 heterocycles. The molecule has 148 valence electrons. The lowest BCUT2D eigenvalue weighted by atomic mass is 9.98. The smallest absolute Gasteiger partial charge is 0.263 e. The van der Waals surface area contributed by atoms with Crippen LogP contribution in [0.2, 0.25) is 0 Å². The van der Waals surface area contributed by atoms with Gasteiger partial charge < -0.3 is 5.32 Å². The molecule has 6 nitrogen and oxygen atoms in total. The second kappa shape index (κ2) is 7.12. The van der Waals surface area contributed by atoms with Crippen molar-refractivity contribution < 1.29 is 4.79 Å². The van der Waals surface area contributed by atoms with Gasteiger partial charge in [0.05, 0.1) is 17.8 Å². The molecule has 1 atom stereocenters. The number of nitrogens with zero attached hydrogens (tertiary/aromatic N) is 3. The molecule has 1 fully saturated rings. The average molecular weight is 407 g/mol. The molecule has 3 aromatic rings. The second-order valence-electron chi connectivity index (χ2n) is 7.94. The van der Waals surface area contributed by atoms with Gasteiger partial charge in [0.15, 0.2) is 0 Å². The zero-order valence-electron chi connectivity index (χ0n) is 16.7. The topological polar surface area (TPSA) is 87.8 Å². The first-order valence-corrected chi connectivity index (χ1v) is 10.5. The van der Waals surface area contributed by atoms with Crippen molar-refractivity contribution in [2.45, 2.75) is 45.7 Å². The first-order chi connectivity index (χ1) is 13.8. The van der Waals surface area contributed by atoms with E-state index in [1.54, 1.807) is 6.92 Å². The number of aromatic nitrogens is 2. The predicted octanol–water partition coefficient (Wildman–Crippen LogP) is 3.55. The third kappa shape index (κ3) is 3.56. The molecule has 0 bridgehead atoms. The Kier molecular flexibility index (Phi) is 4.75. The lowest BCUT2D eigenvalue weighted by Gasteiger charge is -2.23. The minimum absolute atomic E-state index is 0.159. The molecule has 7 heteroatoms. The van der Waals surface area contributed by atoms with Crippen molar-refractivity contribution in [3.8, 4) is 17.2 Å². The highest BCUT2D eigenvalue weighted by Crippen LogP contribution is 2.39. The van der Waals surface area contributed by atoms with Crippen molar-refractivity contribution in [2.75, 3.05) is 0 Å². The van der Waals surface area contributed by atoms with E-state index in [0.29, 0.717) is 10.2 Å². The van der Waals surface area contributed by atoms with E-state index in [2.05, 4.69) is 29.4 Å². The maximum atomic E-state index is 13.1. The predicted molar refractivity (Wildman–Crippen MR) is 114 cm³/mol. The number of nitrogens with one attached hydrogen (secondary N) is 1. The summed E-state index contributed by atoms with van der Waals surface area (Å²) in [5.74, 6) is -0.172. The molecule has 0 saturated heterocycles. The summed E-state index contributed by atoms with van der Waals surface area (Å²) in [6, 6.07) is 8.31. The summed E-state index contributed by atoms with van der Waals surface area (Å²) in [6.07, 6.45) is 3.28. The third-order valence-electron chi connectivity index (χ3n) is 5.72. The van der Waals surface area contributed by atoms with Gasteiger partial charge in [-0.2, -0.15) is 5.26 Å². The number of hydrogen-bond donors (Lipinski definition) is 1. The normalized spacial score (nSPS) is 15.7. The fourth-order valence-corrected chi connectivity index (χ4v) is 4.47. The summed E-state index contributed by atoms with van der Waals surface area (Å²) < 4.78 is 1.32. The van der Waals surface area contributed by atoms with E-state index >= 15 is 0 Å². The summed E-state index contributed by atoms with van der Waals surface area (Å²) in [6.45, 7) is 5.67. The lowest BCUT2D eigenvalue weighted by Crippen LogP contribution is -2.48. The number of fused-ring (bicyclic) bond motifs is 1. The van der Waals surface area contributed by atoms with E-state index in [9.17, 15) is 14.9 Å². The van der Waals surface area contributed by atoms with Gasteiger partial charge in [0.2, 0.25) is 5.91 Å². The Morgan fingerprint density at radius 2 is 2.14 bits per heavy atom. The largest absolute Gasteiger partial charge is 0.336 e. The number of thiophene rings is 1. The van der Waals surface area contributed by atoms with Crippen LogP contribution >= 0.6 is 11.3 Å². The number of amides is 1. The van der Waals surface area contributed by atoms with Crippen LogP contribution in [0.5, 0.6) is 0 Å². The summed E-state index contributed by atoms with van der Waals surface area (Å²) in [5.41, 5.74) is 3.01. The Bertz CT molecular complexity index is 1220. The van der Waals surface area contributed by atoms with Gasteiger partial charge in [-0.1, -0.05) is 18.2 Å². The molecular weight excluding hydrogens is 384 g/mol. The highest BCUT2D eigenvalue weighted by Gasteiger charge is 2.43. The van der Waals surface area contributed by atoms with E-state index in [4.69, 9.17) is 0 Å². The lowest BCUT2D eigenvalue weighted by molar-refractivity contribution is -0.123. The van der Waals surface area contributed by atoms with E-state index in [-0.39, 0.29) is 23.9 Å². The molecule has 1 unspecified atom stereocenters. The highest BCUT2D eigenvalue weighted by atomic mass is 32.1. The van der Waals surface area contributed by atoms with Gasteiger partial charge in [-0.15, -0.1) is 11.3 Å². The first kappa shape index (κ1) is 19.3. The molecule has 1 saturated carbocycles. The zero-order chi connectivity index (χ0) is 20.8. The molecule has 1 amide bonds. The van der Waals surface area contributed by atoms with Crippen molar-refractivity contribution in [2.24, 2.45) is 5.92 Å². The monoisotopic (exact) mass is 406 g/mol. The van der Waals surface area contributed by atoms with Crippen LogP contribution in [0, 0.1) is 31.1 Å². The van der Waals surface area contributed by atoms with Gasteiger partial charge in [-0.3, -0.25) is 14.2 Å². The average Bonchev–Trinajstić information content (AvgIpc) is 3.46. The molecule has 1 aromatic carbocycles. The second-order valence-corrected chi connectivity index (χ2v) is 8.80. The molecule has 29 heavy (non-hydrogen) atoms. The first-order valence-electron chi connectivity index (χ1n) is 9.59. The van der Waals surface area contributed by atoms with Crippen LogP contribution in [-0.2, 0) is 11.3 Å². The number of hydrogen-bond acceptors (Lipinski definition) is 5. The van der Waals surface area contributed by atoms with Crippen LogP contribution in [0.25, 0.3) is 21.3 Å². The molecule has 0 radical (unpaired) electrons. The number of nitriles is 1. The minimum Gasteiger partial charge on any atom is -0.336 e. The quantitative estimate of drug-likeness (QED) is 0.702. The van der Waals surface area contributed by atoms with E-state index in [1.807, 2.05) is 24.4 Å². The van der Waals surface area contributed by atoms with E-state index in [0.717, 1.165) is 29.5 Å². The van der Waals surface area contributed by atoms with E-state index < -0.39 is 5.54 Å². The van der Waals surface area contributed by atoms with Gasteiger partial charge in [0.1, 0.15) is 16.9 Å². The number of carbonyl (C=O) groups excluding carboxylic acids is 1. The Hall–Kier alpha value is -2.98. The Balaban J connectivity index is 1.67. The van der Waals surface area contributed by atoms with Gasteiger partial charge >= 0.3 is 0 Å². The number of benzene rings is 1. The Morgan fingerprint density at radius 3 is 2.79 bits per heavy atom. The maximum Gasteiger partial charge on any atom is 0.263 e. The van der Waals surface area contributed by atoms with Crippen molar-refractivity contribution in [3.63, 3.8) is 0 Å². The minimum atomic E-state index is -0.884. The fraction of sp³-hybridized carbons (Fsp3) is 0.364. The van der Waals surface area contributed by atoms with Crippen molar-refractivity contribution in [3.05, 3.63) is 51.4 Å². The van der Waals surface area contributed by atoms with Gasteiger partial charge in [0, 0.05) is 10.9 Å². The highest BCUT2D eigenvalue weighted by molar-refractivity contribution is 7.17. The Morgan fingerprint density at radius 1 is 1.38 bits per heavy atom. The van der Waals surface area contributed by atoms with Crippen molar-refractivity contribution in [1.82, 2.24) is 14.9 Å². The van der Waals surface area contributed by atoms with Crippen LogP contribution < -0.4 is 10.9 Å². The molecule has 2 aromatic heterocycles. The molecule has 4 rings (SSSR count). The molecule has 1 N–H and O–H groups in total. The molecule has 0 spiro atoms. The SMILES string of the molecule is Cc1ccc(-c2csc3ncn(CC(=O)NC(C)(C#N)C4CC4)c(=O)c23)cc1C. The standard InChI is InChI=1S/C22H22N4O2S/c1-13-4-5-15(8-14(13)2)17-10-29-20-19(17)21(28)26(12-24-20)9-18(27)25-22(3,11-23)16-6-7-16/h4-5,8,10,12,16H,6-7,9H2,1-3H3,(H,25,27). The van der Waals surface area contributed by atoms with Crippen molar-refractivity contribution in [1.29, 1.82) is 5.26 Å². The number of carbonyl (C=O) groups is 1. The van der Waals surface area contributed by atoms with Gasteiger partial charge in [-0.25, -0.2) is 4.98 Å². The van der Waals surface area contributed by atoms with Crippen LogP contribution in [0.4, 0.5) is 0 Å². The summed E-state index contributed by atoms with van der Waals surface area (Å²) in [7, 11) is 0. The summed E-state index contributed by atoms with van der Waals surface area (Å²) in [4.78, 5) is 30.7. The van der Waals surface area contributed by atoms with Crippen LogP contribution in [0.1, 0.15) is 30.9 Å². The zero-order valence-corrected chi connectivity index (χ0v) is 17.5. The van der Waals surface area contributed by atoms with Crippen LogP contribution in [0.15, 0.2) is 34.7 Å². The van der Waals surface area contributed by atoms with Crippen molar-refractivity contribution >= 4 is 27.5 Å². The fourth-order valence-electron chi connectivity index (χ4n) is 3.57. The summed E-state index contributed by atoms with van der Waals surface area (Å²) in [5, 5.41) is 14.7. The number of rotatable bonds is 5. The maximum absolute atomic E-state index is 13.1. The molecular formula is C22H22N4O2S. The molecule has 1 aliphatic rings. The van der Waals surface area contributed by atoms with E-state index in [1.165, 1.54) is 27.8 Å². The summed E-state index contributed by atoms with van der Waals surface area (Å²) >= 11 is 1.42. The third-order valence-corrected chi connectivity index (χ3v) is 6.60. The molecule has 1 aliphatic carbocycles. The molecule has 0 aliphatic heterocycles. The van der Waals surface area contributed by atoms with Crippen LogP contribution in [0.3, 0.4) is 0 Å². The van der Waals surface area contributed by atoms with Gasteiger partial charge in [-0.05, 0) is 56.2 Å². The van der Waals surface area contributed by atoms with Crippen LogP contribution in [-0.4, -0.2) is 21.0 Å². The van der Waals surface area contributed by atoms with Gasteiger partial charge in [0.25, 0.3) is 5.56 Å². The number of aryl methyl sites for hydroxylation is 2. The Labute approximate surface area is 172 Å².